The molecule has 3 heterocycles. The van der Waals surface area contributed by atoms with Gasteiger partial charge in [-0.05, 0) is 52.5 Å². The van der Waals surface area contributed by atoms with Crippen LogP contribution in [0.4, 0.5) is 0 Å². The van der Waals surface area contributed by atoms with Crippen LogP contribution in [-0.2, 0) is 0 Å². The van der Waals surface area contributed by atoms with Crippen LogP contribution in [0, 0.1) is 0 Å². The summed E-state index contributed by atoms with van der Waals surface area (Å²) < 4.78 is 4.59. The van der Waals surface area contributed by atoms with Gasteiger partial charge in [0.15, 0.2) is 13.9 Å². The van der Waals surface area contributed by atoms with Gasteiger partial charge in [0.05, 0.1) is 6.66 Å². The first-order chi connectivity index (χ1) is 8.32. The molecule has 0 nitrogen and oxygen atoms in total. The Balaban J connectivity index is 0.00000120. The summed E-state index contributed by atoms with van der Waals surface area (Å²) in [6.45, 7) is 2.44. The Morgan fingerprint density at radius 2 is 1.06 bits per heavy atom. The van der Waals surface area contributed by atoms with E-state index in [0.29, 0.717) is 0 Å². The van der Waals surface area contributed by atoms with Crippen molar-refractivity contribution < 1.29 is 0 Å². The zero-order chi connectivity index (χ0) is 11.7. The van der Waals surface area contributed by atoms with Crippen molar-refractivity contribution in [2.75, 3.05) is 6.66 Å². The molecule has 0 aliphatic heterocycles. The second-order valence-electron chi connectivity index (χ2n) is 3.86. The van der Waals surface area contributed by atoms with E-state index in [1.54, 1.807) is 0 Å². The van der Waals surface area contributed by atoms with Crippen molar-refractivity contribution in [3.8, 4) is 0 Å². The minimum absolute atomic E-state index is 0. The van der Waals surface area contributed by atoms with Crippen LogP contribution >= 0.6 is 65.2 Å². The molecule has 5 heteroatoms. The van der Waals surface area contributed by atoms with Crippen molar-refractivity contribution in [1.82, 2.24) is 0 Å². The molecule has 0 aliphatic rings. The number of hydrogen-bond donors (Lipinski definition) is 0. The molecule has 3 aromatic rings. The fourth-order valence-corrected chi connectivity index (χ4v) is 10.4. The Morgan fingerprint density at radius 1 is 0.722 bits per heavy atom. The van der Waals surface area contributed by atoms with Gasteiger partial charge in [0, 0.05) is 0 Å². The lowest BCUT2D eigenvalue weighted by Crippen LogP contribution is -2.24. The Bertz CT molecular complexity index is 486. The van der Waals surface area contributed by atoms with Gasteiger partial charge < -0.3 is 0 Å². The van der Waals surface area contributed by atoms with Crippen LogP contribution in [0.25, 0.3) is 0 Å². The summed E-state index contributed by atoms with van der Waals surface area (Å²) in [4.78, 5) is 0. The minimum atomic E-state index is -1.33. The van der Waals surface area contributed by atoms with Crippen molar-refractivity contribution in [3.63, 3.8) is 0 Å². The molecule has 0 saturated heterocycles. The molecule has 0 radical (unpaired) electrons. The third-order valence-electron chi connectivity index (χ3n) is 2.84. The summed E-state index contributed by atoms with van der Waals surface area (Å²) in [5.41, 5.74) is 0. The monoisotopic (exact) mass is 423 g/mol. The van der Waals surface area contributed by atoms with Gasteiger partial charge in [0.25, 0.3) is 0 Å². The molecule has 0 N–H and O–H groups in total. The van der Waals surface area contributed by atoms with Crippen LogP contribution in [0.3, 0.4) is 0 Å². The lowest BCUT2D eigenvalue weighted by atomic mass is 10.7. The molecular weight excluding hydrogens is 410 g/mol. The normalized spacial score (nSPS) is 11.2. The highest BCUT2D eigenvalue weighted by Gasteiger charge is 2.43. The lowest BCUT2D eigenvalue weighted by molar-refractivity contribution is 2.01. The molecule has 0 aliphatic carbocycles. The smallest absolute Gasteiger partial charge is 0.107 e. The summed E-state index contributed by atoms with van der Waals surface area (Å²) in [6, 6.07) is 13.4. The van der Waals surface area contributed by atoms with Crippen molar-refractivity contribution >= 4 is 79.1 Å². The van der Waals surface area contributed by atoms with Gasteiger partial charge in [0.1, 0.15) is 7.26 Å². The molecule has 0 unspecified atom stereocenters. The van der Waals surface area contributed by atoms with Crippen molar-refractivity contribution in [3.05, 3.63) is 52.5 Å². The van der Waals surface area contributed by atoms with Gasteiger partial charge in [-0.15, -0.1) is 58.0 Å². The molecule has 3 aromatic heterocycles. The van der Waals surface area contributed by atoms with E-state index in [1.807, 2.05) is 34.0 Å². The molecule has 94 valence electrons. The first-order valence-corrected chi connectivity index (χ1v) is 10.2. The number of hydrogen-bond acceptors (Lipinski definition) is 3. The molecule has 0 atom stereocenters. The van der Waals surface area contributed by atoms with E-state index in [4.69, 9.17) is 0 Å². The quantitative estimate of drug-likeness (QED) is 0.433. The third kappa shape index (κ3) is 2.46. The van der Waals surface area contributed by atoms with Crippen LogP contribution in [0.1, 0.15) is 0 Å². The fourth-order valence-electron chi connectivity index (χ4n) is 1.90. The molecule has 0 fully saturated rings. The van der Waals surface area contributed by atoms with E-state index in [2.05, 4.69) is 59.2 Å². The number of thiophene rings is 3. The minimum Gasteiger partial charge on any atom is -0.107 e. The zero-order valence-corrected chi connectivity index (χ0v) is 15.5. The van der Waals surface area contributed by atoms with E-state index in [-0.39, 0.29) is 24.0 Å². The maximum atomic E-state index is 2.44. The molecule has 0 saturated carbocycles. The second-order valence-corrected chi connectivity index (χ2v) is 11.1. The molecule has 0 amide bonds. The Kier molecular flexibility index (Phi) is 5.00. The Labute approximate surface area is 137 Å². The Hall–Kier alpha value is 0.260. The van der Waals surface area contributed by atoms with Crippen molar-refractivity contribution in [2.24, 2.45) is 0 Å². The third-order valence-corrected chi connectivity index (χ3v) is 12.2. The summed E-state index contributed by atoms with van der Waals surface area (Å²) in [6.07, 6.45) is 0. The predicted molar refractivity (Wildman–Crippen MR) is 100 cm³/mol. The van der Waals surface area contributed by atoms with Gasteiger partial charge in [-0.2, -0.15) is 0 Å². The highest BCUT2D eigenvalue weighted by molar-refractivity contribution is 14.0. The average molecular weight is 423 g/mol. The first kappa shape index (κ1) is 14.7. The summed E-state index contributed by atoms with van der Waals surface area (Å²) in [7, 11) is -1.33. The van der Waals surface area contributed by atoms with Gasteiger partial charge in [-0.3, -0.25) is 0 Å². The van der Waals surface area contributed by atoms with E-state index in [0.717, 1.165) is 0 Å². The van der Waals surface area contributed by atoms with E-state index < -0.39 is 7.26 Å². The highest BCUT2D eigenvalue weighted by Crippen LogP contribution is 2.54. The molecular formula is C13H13IPS3+. The largest absolute Gasteiger partial charge is 0.158 e. The van der Waals surface area contributed by atoms with Gasteiger partial charge in [-0.25, -0.2) is 0 Å². The standard InChI is InChI=1S/C13H12PS3.HI/c1-14(11-5-2-8-15-11,12-6-3-9-16-12)13-7-4-10-17-13;/h2-10H,1H3;1H/q+1;. The van der Waals surface area contributed by atoms with Crippen LogP contribution in [0.15, 0.2) is 52.5 Å². The number of halogens is 1. The van der Waals surface area contributed by atoms with E-state index in [1.165, 1.54) is 13.9 Å². The van der Waals surface area contributed by atoms with Crippen LogP contribution < -0.4 is 13.9 Å². The SMILES string of the molecule is C[P+](c1cccs1)(c1cccs1)c1cccs1.I. The van der Waals surface area contributed by atoms with Gasteiger partial charge in [-0.1, -0.05) is 0 Å². The van der Waals surface area contributed by atoms with Crippen LogP contribution in [-0.4, -0.2) is 6.66 Å². The summed E-state index contributed by atoms with van der Waals surface area (Å²) >= 11 is 5.67. The maximum absolute atomic E-state index is 2.44. The molecule has 0 spiro atoms. The van der Waals surface area contributed by atoms with Gasteiger partial charge in [0.2, 0.25) is 0 Å². The molecule has 3 rings (SSSR count). The molecule has 0 bridgehead atoms. The zero-order valence-electron chi connectivity index (χ0n) is 9.78. The first-order valence-electron chi connectivity index (χ1n) is 5.30. The van der Waals surface area contributed by atoms with Crippen LogP contribution in [0.2, 0.25) is 0 Å². The lowest BCUT2D eigenvalue weighted by Gasteiger charge is -2.16. The summed E-state index contributed by atoms with van der Waals surface area (Å²) in [5.74, 6) is 0. The Morgan fingerprint density at radius 3 is 1.28 bits per heavy atom. The highest BCUT2D eigenvalue weighted by atomic mass is 127. The average Bonchev–Trinajstić information content (AvgIpc) is 3.10. The van der Waals surface area contributed by atoms with Crippen LogP contribution in [0.5, 0.6) is 0 Å². The second kappa shape index (κ2) is 6.14. The van der Waals surface area contributed by atoms with Crippen molar-refractivity contribution in [2.45, 2.75) is 0 Å². The predicted octanol–water partition coefficient (Wildman–Crippen LogP) is 4.41. The van der Waals surface area contributed by atoms with Crippen molar-refractivity contribution in [1.29, 1.82) is 0 Å². The number of rotatable bonds is 3. The van der Waals surface area contributed by atoms with Gasteiger partial charge >= 0.3 is 0 Å². The summed E-state index contributed by atoms with van der Waals surface area (Å²) in [5, 5.41) is 6.57. The fraction of sp³-hybridized carbons (Fsp3) is 0.0769. The van der Waals surface area contributed by atoms with E-state index >= 15 is 0 Å². The molecule has 18 heavy (non-hydrogen) atoms. The maximum Gasteiger partial charge on any atom is 0.158 e. The van der Waals surface area contributed by atoms with E-state index in [9.17, 15) is 0 Å². The molecule has 0 aromatic carbocycles. The topological polar surface area (TPSA) is 0 Å².